The molecular weight excluding hydrogens is 615 g/mol. The number of aldehydes is 1. The summed E-state index contributed by atoms with van der Waals surface area (Å²) in [7, 11) is 0. The summed E-state index contributed by atoms with van der Waals surface area (Å²) in [5, 5.41) is 36.2. The molecule has 206 valence electrons. The quantitative estimate of drug-likeness (QED) is 0.127. The van der Waals surface area contributed by atoms with E-state index in [1.165, 1.54) is 17.0 Å². The molecule has 0 aliphatic rings. The molecule has 0 spiro atoms. The molecule has 0 bridgehead atoms. The Morgan fingerprint density at radius 3 is 1.87 bits per heavy atom. The van der Waals surface area contributed by atoms with Gasteiger partial charge in [-0.3, -0.25) is 19.5 Å². The Hall–Kier alpha value is -3.27. The molecule has 0 fully saturated rings. The SMILES string of the molecule is Cc1cc(=O)oc2cc(NC(=O)CN(CCN(CC=O)CCN(CC(=O)[O-])CC(=O)[O-])CC(=O)[O-])ccc12.[111In+3]. The van der Waals surface area contributed by atoms with E-state index in [9.17, 15) is 44.1 Å². The third-order valence-electron chi connectivity index (χ3n) is 5.46. The van der Waals surface area contributed by atoms with Crippen molar-refractivity contribution in [3.63, 3.8) is 0 Å². The molecular formula is C24H27InN4O10. The number of rotatable bonds is 17. The zero-order valence-electron chi connectivity index (χ0n) is 21.3. The van der Waals surface area contributed by atoms with Gasteiger partial charge in [-0.2, -0.15) is 0 Å². The first-order valence-electron chi connectivity index (χ1n) is 11.5. The van der Waals surface area contributed by atoms with Gasteiger partial charge in [-0.25, -0.2) is 4.79 Å². The number of carboxylic acid groups (broad SMARTS) is 3. The van der Waals surface area contributed by atoms with Crippen LogP contribution in [0.15, 0.2) is 33.5 Å². The number of hydrogen-bond acceptors (Lipinski definition) is 13. The van der Waals surface area contributed by atoms with Crippen molar-refractivity contribution >= 4 is 72.6 Å². The normalized spacial score (nSPS) is 11.0. The van der Waals surface area contributed by atoms with Crippen LogP contribution in [0.1, 0.15) is 5.56 Å². The number of benzene rings is 1. The second-order valence-electron chi connectivity index (χ2n) is 8.51. The van der Waals surface area contributed by atoms with Gasteiger partial charge in [0.2, 0.25) is 5.91 Å². The van der Waals surface area contributed by atoms with Gasteiger partial charge >= 0.3 is 31.5 Å². The Balaban J connectivity index is 0.00000760. The third kappa shape index (κ3) is 12.4. The first kappa shape index (κ1) is 33.8. The predicted octanol–water partition coefficient (Wildman–Crippen LogP) is -4.99. The van der Waals surface area contributed by atoms with Crippen molar-refractivity contribution in [1.29, 1.82) is 0 Å². The molecule has 2 rings (SSSR count). The van der Waals surface area contributed by atoms with Crippen LogP contribution in [-0.2, 0) is 24.0 Å². The molecule has 1 N–H and O–H groups in total. The Kier molecular flexibility index (Phi) is 14.4. The van der Waals surface area contributed by atoms with E-state index < -0.39 is 49.1 Å². The molecule has 0 saturated heterocycles. The van der Waals surface area contributed by atoms with Crippen LogP contribution in [0.5, 0.6) is 0 Å². The van der Waals surface area contributed by atoms with E-state index in [1.807, 2.05) is 0 Å². The number of hydrogen-bond donors (Lipinski definition) is 1. The molecule has 1 heterocycles. The van der Waals surface area contributed by atoms with Gasteiger partial charge in [-0.15, -0.1) is 0 Å². The Labute approximate surface area is 241 Å². The summed E-state index contributed by atoms with van der Waals surface area (Å²) < 4.78 is 5.16. The minimum absolute atomic E-state index is 0. The van der Waals surface area contributed by atoms with Crippen LogP contribution < -0.4 is 26.3 Å². The van der Waals surface area contributed by atoms with Crippen LogP contribution in [0.4, 0.5) is 5.69 Å². The van der Waals surface area contributed by atoms with Crippen LogP contribution >= 0.6 is 0 Å². The van der Waals surface area contributed by atoms with Crippen molar-refractivity contribution in [3.8, 4) is 0 Å². The molecule has 0 saturated carbocycles. The summed E-state index contributed by atoms with van der Waals surface area (Å²) in [6.45, 7) is -0.455. The number of nitrogens with zero attached hydrogens (tertiary/aromatic N) is 3. The van der Waals surface area contributed by atoms with Gasteiger partial charge < -0.3 is 44.2 Å². The smallest absolute Gasteiger partial charge is 0.549 e. The second-order valence-corrected chi connectivity index (χ2v) is 8.51. The number of aliphatic carboxylic acids is 3. The molecule has 0 unspecified atom stereocenters. The Bertz CT molecular complexity index is 1220. The predicted molar refractivity (Wildman–Crippen MR) is 132 cm³/mol. The molecule has 1 amide bonds. The molecule has 0 aliphatic carbocycles. The van der Waals surface area contributed by atoms with E-state index in [1.54, 1.807) is 24.0 Å². The fourth-order valence-corrected chi connectivity index (χ4v) is 3.75. The molecule has 1 aromatic heterocycles. The van der Waals surface area contributed by atoms with E-state index >= 15 is 0 Å². The first-order chi connectivity index (χ1) is 18.0. The van der Waals surface area contributed by atoms with Crippen LogP contribution in [0.2, 0.25) is 0 Å². The van der Waals surface area contributed by atoms with Crippen LogP contribution in [0.3, 0.4) is 0 Å². The number of aryl methyl sites for hydroxylation is 1. The van der Waals surface area contributed by atoms with Gasteiger partial charge in [-0.1, -0.05) is 0 Å². The fourth-order valence-electron chi connectivity index (χ4n) is 3.75. The van der Waals surface area contributed by atoms with Crippen LogP contribution in [0, 0.1) is 6.92 Å². The van der Waals surface area contributed by atoms with Gasteiger partial charge in [0.05, 0.1) is 31.0 Å². The Morgan fingerprint density at radius 1 is 0.846 bits per heavy atom. The number of carboxylic acids is 3. The van der Waals surface area contributed by atoms with Gasteiger partial charge in [0.1, 0.15) is 11.9 Å². The maximum Gasteiger partial charge on any atom is 3.00 e. The van der Waals surface area contributed by atoms with E-state index in [0.29, 0.717) is 22.9 Å². The van der Waals surface area contributed by atoms with E-state index in [0.717, 1.165) is 4.90 Å². The average molecular weight is 642 g/mol. The van der Waals surface area contributed by atoms with E-state index in [-0.39, 0.29) is 70.7 Å². The van der Waals surface area contributed by atoms with Crippen molar-refractivity contribution in [2.45, 2.75) is 6.92 Å². The molecule has 0 aliphatic heterocycles. The van der Waals surface area contributed by atoms with Crippen molar-refractivity contribution < 1.29 is 43.7 Å². The number of anilines is 1. The molecule has 1 aromatic carbocycles. The molecule has 2 aromatic rings. The zero-order chi connectivity index (χ0) is 28.2. The molecule has 39 heavy (non-hydrogen) atoms. The van der Waals surface area contributed by atoms with E-state index in [2.05, 4.69) is 5.32 Å². The van der Waals surface area contributed by atoms with Gasteiger partial charge in [-0.05, 0) is 24.6 Å². The molecule has 0 atom stereocenters. The topological polar surface area (TPSA) is 206 Å². The standard InChI is InChI=1S/C24H30N4O10.In/c1-16-10-24(37)38-19-11-17(2-3-18(16)19)25-20(30)12-27(13-21(31)32)6-4-26(8-9-29)5-7-28(14-22(33)34)15-23(35)36;/h2-3,9-11H,4-8,12-15H2,1H3,(H,25,30)(H,31,32)(H,33,34)(H,35,36);/q;+3/p-3/i;1-4. The summed E-state index contributed by atoms with van der Waals surface area (Å²) in [4.78, 5) is 72.1. The number of fused-ring (bicyclic) bond motifs is 1. The zero-order valence-corrected chi connectivity index (χ0v) is 24.5. The van der Waals surface area contributed by atoms with Crippen LogP contribution in [0.25, 0.3) is 11.0 Å². The van der Waals surface area contributed by atoms with Gasteiger partial charge in [0.15, 0.2) is 0 Å². The van der Waals surface area contributed by atoms with Gasteiger partial charge in [0, 0.05) is 69.0 Å². The first-order valence-corrected chi connectivity index (χ1v) is 11.5. The second kappa shape index (κ2) is 16.6. The van der Waals surface area contributed by atoms with Crippen molar-refractivity contribution in [2.24, 2.45) is 0 Å². The number of nitrogens with one attached hydrogen (secondary N) is 1. The van der Waals surface area contributed by atoms with Crippen molar-refractivity contribution in [1.82, 2.24) is 14.7 Å². The maximum atomic E-state index is 12.6. The minimum Gasteiger partial charge on any atom is -0.549 e. The molecule has 15 heteroatoms. The summed E-state index contributed by atoms with van der Waals surface area (Å²) in [5.74, 6) is -4.96. The largest absolute Gasteiger partial charge is 3.00 e. The Morgan fingerprint density at radius 2 is 1.36 bits per heavy atom. The molecule has 14 nitrogen and oxygen atoms in total. The van der Waals surface area contributed by atoms with Crippen LogP contribution in [-0.4, -0.2) is 130 Å². The summed E-state index contributed by atoms with van der Waals surface area (Å²) in [6, 6.07) is 6.09. The van der Waals surface area contributed by atoms with Crippen molar-refractivity contribution in [2.75, 3.05) is 64.2 Å². The van der Waals surface area contributed by atoms with Gasteiger partial charge in [0.25, 0.3) is 0 Å². The monoisotopic (exact) mass is 642 g/mol. The summed E-state index contributed by atoms with van der Waals surface area (Å²) >= 11 is 0. The number of carbonyl (C=O) groups excluding carboxylic acids is 5. The van der Waals surface area contributed by atoms with Crippen molar-refractivity contribution in [3.05, 3.63) is 40.2 Å². The summed E-state index contributed by atoms with van der Waals surface area (Å²) in [5.41, 5.74) is 0.765. The molecule has 0 radical (unpaired) electrons. The maximum absolute atomic E-state index is 12.6. The third-order valence-corrected chi connectivity index (χ3v) is 5.46. The number of carbonyl (C=O) groups is 5. The minimum atomic E-state index is -1.48. The number of amides is 1. The fraction of sp³-hybridized carbons (Fsp3) is 0.417. The van der Waals surface area contributed by atoms with E-state index in [4.69, 9.17) is 4.42 Å². The summed E-state index contributed by atoms with van der Waals surface area (Å²) in [6.07, 6.45) is 0.581. The average Bonchev–Trinajstić information content (AvgIpc) is 2.79.